The average molecular weight is 406 g/mol. The van der Waals surface area contributed by atoms with Crippen LogP contribution in [0.3, 0.4) is 0 Å². The lowest BCUT2D eigenvalue weighted by molar-refractivity contribution is -0.121. The molecule has 0 radical (unpaired) electrons. The van der Waals surface area contributed by atoms with Gasteiger partial charge in [0.2, 0.25) is 0 Å². The van der Waals surface area contributed by atoms with E-state index in [9.17, 15) is 10.1 Å². The summed E-state index contributed by atoms with van der Waals surface area (Å²) in [6.07, 6.45) is 8.11. The minimum atomic E-state index is 0.370. The molecule has 2 aliphatic heterocycles. The Hall–Kier alpha value is -2.52. The van der Waals surface area contributed by atoms with Crippen molar-refractivity contribution in [1.29, 1.82) is 5.26 Å². The fourth-order valence-corrected chi connectivity index (χ4v) is 5.21. The van der Waals surface area contributed by atoms with Gasteiger partial charge in [0.05, 0.1) is 11.3 Å². The number of carbonyl (C=O) groups excluding carboxylic acids is 1. The molecule has 0 spiro atoms. The lowest BCUT2D eigenvalue weighted by Gasteiger charge is -2.38. The Morgan fingerprint density at radius 2 is 1.80 bits per heavy atom. The van der Waals surface area contributed by atoms with E-state index in [1.165, 1.54) is 0 Å². The summed E-state index contributed by atoms with van der Waals surface area (Å²) in [5, 5.41) is 9.40. The molecule has 30 heavy (non-hydrogen) atoms. The summed E-state index contributed by atoms with van der Waals surface area (Å²) in [5.74, 6) is 1.87. The van der Waals surface area contributed by atoms with Crippen LogP contribution in [0, 0.1) is 29.1 Å². The molecule has 0 bridgehead atoms. The van der Waals surface area contributed by atoms with Crippen molar-refractivity contribution in [1.82, 2.24) is 14.9 Å². The first-order valence-electron chi connectivity index (χ1n) is 11.1. The molecule has 0 saturated carbocycles. The molecule has 0 unspecified atom stereocenters. The molecular weight excluding hydrogens is 374 g/mol. The van der Waals surface area contributed by atoms with Crippen LogP contribution >= 0.6 is 0 Å². The highest BCUT2D eigenvalue weighted by Gasteiger charge is 2.29. The molecule has 6 heteroatoms. The van der Waals surface area contributed by atoms with Gasteiger partial charge in [-0.15, -0.1) is 0 Å². The highest BCUT2D eigenvalue weighted by molar-refractivity contribution is 5.92. The Morgan fingerprint density at radius 3 is 2.53 bits per heavy atom. The molecule has 4 rings (SSSR count). The maximum atomic E-state index is 12.8. The first-order chi connectivity index (χ1) is 14.5. The number of ketones is 1. The van der Waals surface area contributed by atoms with Crippen molar-refractivity contribution in [2.45, 2.75) is 39.0 Å². The van der Waals surface area contributed by atoms with Crippen molar-refractivity contribution in [2.75, 3.05) is 38.1 Å². The van der Waals surface area contributed by atoms with Crippen LogP contribution in [0.15, 0.2) is 24.5 Å². The second-order valence-corrected chi connectivity index (χ2v) is 9.30. The van der Waals surface area contributed by atoms with E-state index >= 15 is 0 Å². The zero-order valence-corrected chi connectivity index (χ0v) is 18.0. The second-order valence-electron chi connectivity index (χ2n) is 9.30. The molecule has 0 aliphatic carbocycles. The number of nitrogens with zero attached hydrogens (tertiary/aromatic N) is 5. The summed E-state index contributed by atoms with van der Waals surface area (Å²) in [6.45, 7) is 6.29. The third-order valence-corrected chi connectivity index (χ3v) is 6.68. The summed E-state index contributed by atoms with van der Waals surface area (Å²) in [7, 11) is 2.16. The monoisotopic (exact) mass is 405 g/mol. The lowest BCUT2D eigenvalue weighted by Crippen LogP contribution is -2.40. The highest BCUT2D eigenvalue weighted by Crippen LogP contribution is 2.33. The Balaban J connectivity index is 1.46. The SMILES string of the molecule is C[C@H]1C[C@@H](CC(=O)CC2CCN(C)CC2)CN(c2ccc(C#N)c3nccnc23)C1. The molecule has 2 aromatic rings. The normalized spacial score (nSPS) is 23.4. The van der Waals surface area contributed by atoms with E-state index in [1.54, 1.807) is 12.4 Å². The van der Waals surface area contributed by atoms with Crippen molar-refractivity contribution in [3.8, 4) is 6.07 Å². The van der Waals surface area contributed by atoms with Gasteiger partial charge in [0.1, 0.15) is 22.9 Å². The molecule has 0 N–H and O–H groups in total. The highest BCUT2D eigenvalue weighted by atomic mass is 16.1. The predicted molar refractivity (Wildman–Crippen MR) is 118 cm³/mol. The smallest absolute Gasteiger partial charge is 0.133 e. The number of hydrogen-bond acceptors (Lipinski definition) is 6. The van der Waals surface area contributed by atoms with E-state index in [0.717, 1.165) is 63.1 Å². The van der Waals surface area contributed by atoms with E-state index in [-0.39, 0.29) is 0 Å². The number of anilines is 1. The number of rotatable bonds is 5. The molecule has 2 saturated heterocycles. The quantitative estimate of drug-likeness (QED) is 0.756. The molecule has 1 aromatic heterocycles. The molecule has 6 nitrogen and oxygen atoms in total. The van der Waals surface area contributed by atoms with Gasteiger partial charge < -0.3 is 9.80 Å². The van der Waals surface area contributed by atoms with Gasteiger partial charge in [0, 0.05) is 38.3 Å². The Labute approximate surface area is 178 Å². The van der Waals surface area contributed by atoms with Crippen molar-refractivity contribution < 1.29 is 4.79 Å². The van der Waals surface area contributed by atoms with Gasteiger partial charge in [-0.25, -0.2) is 0 Å². The molecule has 2 atom stereocenters. The number of piperidine rings is 2. The van der Waals surface area contributed by atoms with E-state index in [2.05, 4.69) is 39.8 Å². The van der Waals surface area contributed by atoms with Crippen LogP contribution in [0.2, 0.25) is 0 Å². The first kappa shape index (κ1) is 20.7. The van der Waals surface area contributed by atoms with Crippen molar-refractivity contribution in [3.63, 3.8) is 0 Å². The molecule has 158 valence electrons. The predicted octanol–water partition coefficient (Wildman–Crippen LogP) is 3.65. The molecule has 2 aliphatic rings. The Bertz CT molecular complexity index is 944. The topological polar surface area (TPSA) is 73.1 Å². The van der Waals surface area contributed by atoms with Gasteiger partial charge >= 0.3 is 0 Å². The second kappa shape index (κ2) is 9.09. The van der Waals surface area contributed by atoms with Gasteiger partial charge in [-0.2, -0.15) is 5.26 Å². The first-order valence-corrected chi connectivity index (χ1v) is 11.1. The fourth-order valence-electron chi connectivity index (χ4n) is 5.21. The summed E-state index contributed by atoms with van der Waals surface area (Å²) in [5.41, 5.74) is 3.01. The Kier molecular flexibility index (Phi) is 6.29. The van der Waals surface area contributed by atoms with Crippen LogP contribution in [-0.2, 0) is 4.79 Å². The average Bonchev–Trinajstić information content (AvgIpc) is 2.74. The van der Waals surface area contributed by atoms with Crippen LogP contribution in [0.1, 0.15) is 44.6 Å². The standard InChI is InChI=1S/C24H31N5O/c1-17-11-19(13-21(30)12-18-5-9-28(2)10-6-18)16-29(15-17)22-4-3-20(14-25)23-24(22)27-8-7-26-23/h3-4,7-8,17-19H,5-6,9-13,15-16H2,1-2H3/t17-,19-/m0/s1. The number of nitriles is 1. The number of benzene rings is 1. The van der Waals surface area contributed by atoms with Crippen molar-refractivity contribution in [3.05, 3.63) is 30.1 Å². The zero-order chi connectivity index (χ0) is 21.1. The van der Waals surface area contributed by atoms with E-state index < -0.39 is 0 Å². The third kappa shape index (κ3) is 4.62. The van der Waals surface area contributed by atoms with Crippen LogP contribution in [0.5, 0.6) is 0 Å². The largest absolute Gasteiger partial charge is 0.369 e. The molecule has 3 heterocycles. The molecule has 2 fully saturated rings. The number of Topliss-reactive ketones (excluding diaryl/α,β-unsaturated/α-hetero) is 1. The Morgan fingerprint density at radius 1 is 1.10 bits per heavy atom. The zero-order valence-electron chi connectivity index (χ0n) is 18.0. The number of likely N-dealkylation sites (tertiary alicyclic amines) is 1. The van der Waals surface area contributed by atoms with Crippen LogP contribution < -0.4 is 4.90 Å². The van der Waals surface area contributed by atoms with Gasteiger partial charge in [-0.05, 0) is 69.3 Å². The summed E-state index contributed by atoms with van der Waals surface area (Å²) in [4.78, 5) is 26.4. The van der Waals surface area contributed by atoms with Crippen molar-refractivity contribution >= 4 is 22.5 Å². The molecular formula is C24H31N5O. The van der Waals surface area contributed by atoms with Gasteiger partial charge in [-0.1, -0.05) is 6.92 Å². The summed E-state index contributed by atoms with van der Waals surface area (Å²) < 4.78 is 0. The van der Waals surface area contributed by atoms with E-state index in [1.807, 2.05) is 12.1 Å². The minimum absolute atomic E-state index is 0.370. The number of hydrogen-bond donors (Lipinski definition) is 0. The minimum Gasteiger partial charge on any atom is -0.369 e. The maximum absolute atomic E-state index is 12.8. The third-order valence-electron chi connectivity index (χ3n) is 6.68. The van der Waals surface area contributed by atoms with Gasteiger partial charge in [-0.3, -0.25) is 14.8 Å². The maximum Gasteiger partial charge on any atom is 0.133 e. The summed E-state index contributed by atoms with van der Waals surface area (Å²) >= 11 is 0. The summed E-state index contributed by atoms with van der Waals surface area (Å²) in [6, 6.07) is 6.05. The molecule has 1 aromatic carbocycles. The lowest BCUT2D eigenvalue weighted by atomic mass is 9.84. The van der Waals surface area contributed by atoms with Crippen LogP contribution in [-0.4, -0.2) is 53.9 Å². The van der Waals surface area contributed by atoms with Crippen LogP contribution in [0.4, 0.5) is 5.69 Å². The molecule has 0 amide bonds. The van der Waals surface area contributed by atoms with Gasteiger partial charge in [0.25, 0.3) is 0 Å². The fraction of sp³-hybridized carbons (Fsp3) is 0.583. The number of fused-ring (bicyclic) bond motifs is 1. The number of carbonyl (C=O) groups is 1. The van der Waals surface area contributed by atoms with E-state index in [4.69, 9.17) is 0 Å². The van der Waals surface area contributed by atoms with E-state index in [0.29, 0.717) is 41.0 Å². The van der Waals surface area contributed by atoms with Crippen molar-refractivity contribution in [2.24, 2.45) is 17.8 Å². The van der Waals surface area contributed by atoms with Gasteiger partial charge in [0.15, 0.2) is 0 Å². The van der Waals surface area contributed by atoms with Crippen LogP contribution in [0.25, 0.3) is 11.0 Å². The number of aromatic nitrogens is 2.